The van der Waals surface area contributed by atoms with Crippen molar-refractivity contribution in [2.45, 2.75) is 31.3 Å². The molecule has 2 aromatic rings. The van der Waals surface area contributed by atoms with Gasteiger partial charge in [-0.1, -0.05) is 30.3 Å². The Hall–Kier alpha value is -2.17. The van der Waals surface area contributed by atoms with E-state index >= 15 is 0 Å². The van der Waals surface area contributed by atoms with Gasteiger partial charge >= 0.3 is 0 Å². The quantitative estimate of drug-likeness (QED) is 0.816. The topological polar surface area (TPSA) is 67.1 Å². The van der Waals surface area contributed by atoms with Crippen molar-refractivity contribution in [3.05, 3.63) is 64.7 Å². The molecule has 4 rings (SSSR count). The first-order valence-corrected chi connectivity index (χ1v) is 8.12. The van der Waals surface area contributed by atoms with Crippen LogP contribution < -0.4 is 16.4 Å². The average Bonchev–Trinajstić information content (AvgIpc) is 2.77. The van der Waals surface area contributed by atoms with Gasteiger partial charge in [-0.05, 0) is 47.7 Å². The Morgan fingerprint density at radius 2 is 2.13 bits per heavy atom. The van der Waals surface area contributed by atoms with Gasteiger partial charge in [0.25, 0.3) is 0 Å². The van der Waals surface area contributed by atoms with Gasteiger partial charge in [0, 0.05) is 24.7 Å². The smallest absolute Gasteiger partial charge is 0.225 e. The van der Waals surface area contributed by atoms with Gasteiger partial charge in [-0.25, -0.2) is 0 Å². The molecular weight excluding hydrogens is 286 g/mol. The maximum atomic E-state index is 11.8. The van der Waals surface area contributed by atoms with Crippen LogP contribution in [0.2, 0.25) is 0 Å². The summed E-state index contributed by atoms with van der Waals surface area (Å²) in [7, 11) is 0. The molecule has 4 nitrogen and oxygen atoms in total. The molecule has 2 aromatic carbocycles. The Labute approximate surface area is 136 Å². The van der Waals surface area contributed by atoms with Crippen molar-refractivity contribution in [3.8, 4) is 0 Å². The van der Waals surface area contributed by atoms with E-state index in [1.54, 1.807) is 0 Å². The second-order valence-electron chi connectivity index (χ2n) is 6.57. The number of rotatable bonds is 3. The van der Waals surface area contributed by atoms with Crippen molar-refractivity contribution in [2.75, 3.05) is 11.9 Å². The summed E-state index contributed by atoms with van der Waals surface area (Å²) in [4.78, 5) is 11.8. The van der Waals surface area contributed by atoms with Crippen molar-refractivity contribution in [2.24, 2.45) is 5.73 Å². The zero-order valence-electron chi connectivity index (χ0n) is 13.2. The number of benzene rings is 2. The highest BCUT2D eigenvalue weighted by atomic mass is 16.1. The second-order valence-corrected chi connectivity index (χ2v) is 6.57. The maximum absolute atomic E-state index is 11.8. The largest absolute Gasteiger partial charge is 0.330 e. The summed E-state index contributed by atoms with van der Waals surface area (Å²) in [5.41, 5.74) is 11.5. The van der Waals surface area contributed by atoms with E-state index in [1.165, 1.54) is 22.3 Å². The summed E-state index contributed by atoms with van der Waals surface area (Å²) in [6, 6.07) is 15.2. The third-order valence-corrected chi connectivity index (χ3v) is 5.06. The molecule has 0 saturated carbocycles. The highest BCUT2D eigenvalue weighted by Gasteiger charge is 2.45. The van der Waals surface area contributed by atoms with Crippen LogP contribution in [0, 0.1) is 0 Å². The van der Waals surface area contributed by atoms with Crippen LogP contribution in [-0.4, -0.2) is 12.5 Å². The number of amides is 1. The predicted molar refractivity (Wildman–Crippen MR) is 91.2 cm³/mol. The SMILES string of the molecule is CC12NC(Cc3cc(NC(=O)CCN)ccc31)c1ccccc12. The lowest BCUT2D eigenvalue weighted by molar-refractivity contribution is -0.116. The highest BCUT2D eigenvalue weighted by Crippen LogP contribution is 2.48. The molecule has 0 radical (unpaired) electrons. The van der Waals surface area contributed by atoms with Crippen molar-refractivity contribution < 1.29 is 4.79 Å². The number of carbonyl (C=O) groups excluding carboxylic acids is 1. The first-order chi connectivity index (χ1) is 11.1. The second kappa shape index (κ2) is 5.18. The summed E-state index contributed by atoms with van der Waals surface area (Å²) in [6.07, 6.45) is 1.30. The first kappa shape index (κ1) is 14.4. The Morgan fingerprint density at radius 3 is 2.96 bits per heavy atom. The van der Waals surface area contributed by atoms with Crippen molar-refractivity contribution in [3.63, 3.8) is 0 Å². The maximum Gasteiger partial charge on any atom is 0.225 e. The van der Waals surface area contributed by atoms with Crippen LogP contribution in [0.4, 0.5) is 5.69 Å². The number of nitrogens with two attached hydrogens (primary N) is 1. The first-order valence-electron chi connectivity index (χ1n) is 8.12. The van der Waals surface area contributed by atoms with Gasteiger partial charge in [0.15, 0.2) is 0 Å². The van der Waals surface area contributed by atoms with Crippen molar-refractivity contribution in [1.29, 1.82) is 0 Å². The molecule has 0 aromatic heterocycles. The standard InChI is InChI=1S/C19H21N3O/c1-19-15-7-6-13(21-18(23)8-9-20)10-12(15)11-17(22-19)14-4-2-3-5-16(14)19/h2-7,10,17,22H,8-9,11,20H2,1H3,(H,21,23). The van der Waals surface area contributed by atoms with Crippen LogP contribution in [-0.2, 0) is 16.8 Å². The molecule has 2 unspecified atom stereocenters. The van der Waals surface area contributed by atoms with Gasteiger partial charge in [-0.2, -0.15) is 0 Å². The lowest BCUT2D eigenvalue weighted by atomic mass is 9.82. The minimum Gasteiger partial charge on any atom is -0.330 e. The zero-order valence-corrected chi connectivity index (χ0v) is 13.2. The summed E-state index contributed by atoms with van der Waals surface area (Å²) < 4.78 is 0. The van der Waals surface area contributed by atoms with E-state index in [0.717, 1.165) is 12.1 Å². The van der Waals surface area contributed by atoms with Crippen LogP contribution in [0.1, 0.15) is 41.6 Å². The van der Waals surface area contributed by atoms with Gasteiger partial charge < -0.3 is 11.1 Å². The number of anilines is 1. The van der Waals surface area contributed by atoms with Gasteiger partial charge in [0.2, 0.25) is 5.91 Å². The fourth-order valence-corrected chi connectivity index (χ4v) is 4.05. The van der Waals surface area contributed by atoms with Crippen LogP contribution in [0.5, 0.6) is 0 Å². The summed E-state index contributed by atoms with van der Waals surface area (Å²) >= 11 is 0. The van der Waals surface area contributed by atoms with Crippen LogP contribution >= 0.6 is 0 Å². The van der Waals surface area contributed by atoms with Crippen molar-refractivity contribution >= 4 is 11.6 Å². The molecule has 1 amide bonds. The number of hydrogen-bond acceptors (Lipinski definition) is 3. The minimum atomic E-state index is -0.144. The predicted octanol–water partition coefficient (Wildman–Crippen LogP) is 2.44. The Balaban J connectivity index is 1.72. The molecule has 2 aliphatic rings. The molecule has 2 atom stereocenters. The van der Waals surface area contributed by atoms with Crippen LogP contribution in [0.15, 0.2) is 42.5 Å². The molecule has 2 heterocycles. The molecule has 2 bridgehead atoms. The van der Waals surface area contributed by atoms with Gasteiger partial charge in [-0.15, -0.1) is 0 Å². The van der Waals surface area contributed by atoms with Crippen molar-refractivity contribution in [1.82, 2.24) is 5.32 Å². The van der Waals surface area contributed by atoms with Crippen LogP contribution in [0.3, 0.4) is 0 Å². The summed E-state index contributed by atoms with van der Waals surface area (Å²) in [5.74, 6) is -0.0288. The van der Waals surface area contributed by atoms with E-state index in [9.17, 15) is 4.79 Å². The molecule has 0 saturated heterocycles. The zero-order chi connectivity index (χ0) is 16.0. The fourth-order valence-electron chi connectivity index (χ4n) is 4.05. The number of nitrogens with one attached hydrogen (secondary N) is 2. The number of fused-ring (bicyclic) bond motifs is 7. The van der Waals surface area contributed by atoms with Gasteiger partial charge in [0.1, 0.15) is 0 Å². The highest BCUT2D eigenvalue weighted by molar-refractivity contribution is 5.91. The molecule has 0 fully saturated rings. The van der Waals surface area contributed by atoms with E-state index < -0.39 is 0 Å². The third kappa shape index (κ3) is 2.18. The van der Waals surface area contributed by atoms with E-state index in [-0.39, 0.29) is 11.4 Å². The molecule has 4 N–H and O–H groups in total. The molecule has 23 heavy (non-hydrogen) atoms. The molecular formula is C19H21N3O. The molecule has 118 valence electrons. The summed E-state index contributed by atoms with van der Waals surface area (Å²) in [6.45, 7) is 2.62. The van der Waals surface area contributed by atoms with E-state index in [4.69, 9.17) is 5.73 Å². The van der Waals surface area contributed by atoms with Gasteiger partial charge in [0.05, 0.1) is 5.54 Å². The lowest BCUT2D eigenvalue weighted by Gasteiger charge is -2.34. The van der Waals surface area contributed by atoms with E-state index in [0.29, 0.717) is 19.0 Å². The lowest BCUT2D eigenvalue weighted by Crippen LogP contribution is -2.41. The normalized spacial score (nSPS) is 24.0. The van der Waals surface area contributed by atoms with Gasteiger partial charge in [-0.3, -0.25) is 10.1 Å². The van der Waals surface area contributed by atoms with E-state index in [2.05, 4.69) is 54.0 Å². The molecule has 0 aliphatic carbocycles. The monoisotopic (exact) mass is 307 g/mol. The Bertz CT molecular complexity index is 786. The number of carbonyl (C=O) groups is 1. The van der Waals surface area contributed by atoms with Crippen LogP contribution in [0.25, 0.3) is 0 Å². The Kier molecular flexibility index (Phi) is 3.25. The molecule has 4 heteroatoms. The number of hydrogen-bond donors (Lipinski definition) is 3. The molecule has 2 aliphatic heterocycles. The fraction of sp³-hybridized carbons (Fsp3) is 0.316. The Morgan fingerprint density at radius 1 is 1.30 bits per heavy atom. The van der Waals surface area contributed by atoms with E-state index in [1.807, 2.05) is 6.07 Å². The minimum absolute atomic E-state index is 0.0288. The molecule has 0 spiro atoms. The summed E-state index contributed by atoms with van der Waals surface area (Å²) in [5, 5.41) is 6.70. The third-order valence-electron chi connectivity index (χ3n) is 5.06. The average molecular weight is 307 g/mol.